The summed E-state index contributed by atoms with van der Waals surface area (Å²) in [6.07, 6.45) is 2.02. The lowest BCUT2D eigenvalue weighted by molar-refractivity contribution is 0.0697. The molecule has 0 aromatic heterocycles. The minimum Gasteiger partial charge on any atom is -0.491 e. The standard InChI is InChI=1S/C17H17BrN2O3/c18-11-3-4-12-23-16-6-2-1-5-15(16)20-19-14-9-7-13(8-10-14)17(21)22/h1-2,5-10H,3-4,11-12H2,(H,21,22). The van der Waals surface area contributed by atoms with Crippen molar-refractivity contribution in [2.45, 2.75) is 12.8 Å². The first-order valence-electron chi connectivity index (χ1n) is 7.23. The van der Waals surface area contributed by atoms with Crippen molar-refractivity contribution in [3.63, 3.8) is 0 Å². The molecule has 0 aliphatic rings. The van der Waals surface area contributed by atoms with E-state index in [1.807, 2.05) is 24.3 Å². The van der Waals surface area contributed by atoms with Gasteiger partial charge in [0.2, 0.25) is 0 Å². The number of para-hydroxylation sites is 1. The number of aromatic carboxylic acids is 1. The number of hydrogen-bond donors (Lipinski definition) is 1. The lowest BCUT2D eigenvalue weighted by Crippen LogP contribution is -1.97. The Morgan fingerprint density at radius 1 is 1.04 bits per heavy atom. The van der Waals surface area contributed by atoms with E-state index >= 15 is 0 Å². The van der Waals surface area contributed by atoms with E-state index in [0.717, 1.165) is 18.2 Å². The predicted molar refractivity (Wildman–Crippen MR) is 92.5 cm³/mol. The quantitative estimate of drug-likeness (QED) is 0.383. The van der Waals surface area contributed by atoms with Gasteiger partial charge in [0.25, 0.3) is 0 Å². The van der Waals surface area contributed by atoms with Gasteiger partial charge in [0.05, 0.1) is 17.9 Å². The van der Waals surface area contributed by atoms with Gasteiger partial charge < -0.3 is 9.84 Å². The zero-order valence-corrected chi connectivity index (χ0v) is 14.1. The van der Waals surface area contributed by atoms with E-state index in [0.29, 0.717) is 23.7 Å². The topological polar surface area (TPSA) is 71.2 Å². The Morgan fingerprint density at radius 3 is 2.48 bits per heavy atom. The molecule has 6 heteroatoms. The van der Waals surface area contributed by atoms with Crippen LogP contribution in [0.4, 0.5) is 11.4 Å². The number of carbonyl (C=O) groups is 1. The number of unbranched alkanes of at least 4 members (excludes halogenated alkanes) is 1. The summed E-state index contributed by atoms with van der Waals surface area (Å²) < 4.78 is 5.73. The van der Waals surface area contributed by atoms with Crippen LogP contribution in [0.15, 0.2) is 58.8 Å². The molecule has 0 spiro atoms. The third kappa shape index (κ3) is 5.49. The van der Waals surface area contributed by atoms with Gasteiger partial charge in [-0.3, -0.25) is 0 Å². The van der Waals surface area contributed by atoms with Crippen molar-refractivity contribution in [1.82, 2.24) is 0 Å². The third-order valence-corrected chi connectivity index (χ3v) is 3.60. The average Bonchev–Trinajstić information content (AvgIpc) is 2.58. The first-order valence-corrected chi connectivity index (χ1v) is 8.36. The van der Waals surface area contributed by atoms with Gasteiger partial charge in [-0.1, -0.05) is 28.1 Å². The monoisotopic (exact) mass is 376 g/mol. The molecule has 0 bridgehead atoms. The van der Waals surface area contributed by atoms with E-state index in [4.69, 9.17) is 9.84 Å². The number of ether oxygens (including phenoxy) is 1. The third-order valence-electron chi connectivity index (χ3n) is 3.04. The van der Waals surface area contributed by atoms with E-state index in [2.05, 4.69) is 26.2 Å². The van der Waals surface area contributed by atoms with Crippen LogP contribution in [0, 0.1) is 0 Å². The Hall–Kier alpha value is -2.21. The zero-order valence-electron chi connectivity index (χ0n) is 12.5. The first kappa shape index (κ1) is 17.1. The summed E-state index contributed by atoms with van der Waals surface area (Å²) in [7, 11) is 0. The van der Waals surface area contributed by atoms with Crippen LogP contribution in [0.1, 0.15) is 23.2 Å². The van der Waals surface area contributed by atoms with Gasteiger partial charge in [-0.15, -0.1) is 5.11 Å². The Balaban J connectivity index is 2.05. The minimum absolute atomic E-state index is 0.222. The summed E-state index contributed by atoms with van der Waals surface area (Å²) in [5.74, 6) is -0.274. The normalized spacial score (nSPS) is 10.8. The predicted octanol–water partition coefficient (Wildman–Crippen LogP) is 5.35. The maximum atomic E-state index is 10.8. The Morgan fingerprint density at radius 2 is 1.78 bits per heavy atom. The second-order valence-corrected chi connectivity index (χ2v) is 5.56. The Kier molecular flexibility index (Phi) is 6.75. The molecule has 0 fully saturated rings. The van der Waals surface area contributed by atoms with Gasteiger partial charge in [0.1, 0.15) is 11.4 Å². The van der Waals surface area contributed by atoms with E-state index < -0.39 is 5.97 Å². The number of alkyl halides is 1. The number of rotatable bonds is 8. The largest absolute Gasteiger partial charge is 0.491 e. The number of benzene rings is 2. The van der Waals surface area contributed by atoms with Crippen molar-refractivity contribution in [3.05, 3.63) is 54.1 Å². The molecule has 2 aromatic carbocycles. The number of hydrogen-bond acceptors (Lipinski definition) is 4. The van der Waals surface area contributed by atoms with Crippen LogP contribution in [0.25, 0.3) is 0 Å². The smallest absolute Gasteiger partial charge is 0.335 e. The molecule has 0 aliphatic carbocycles. The van der Waals surface area contributed by atoms with Gasteiger partial charge >= 0.3 is 5.97 Å². The van der Waals surface area contributed by atoms with E-state index in [1.54, 1.807) is 12.1 Å². The van der Waals surface area contributed by atoms with E-state index in [-0.39, 0.29) is 5.56 Å². The molecular weight excluding hydrogens is 360 g/mol. The van der Waals surface area contributed by atoms with Crippen molar-refractivity contribution in [2.75, 3.05) is 11.9 Å². The van der Waals surface area contributed by atoms with Crippen molar-refractivity contribution < 1.29 is 14.6 Å². The molecule has 2 aromatic rings. The molecule has 0 radical (unpaired) electrons. The fourth-order valence-corrected chi connectivity index (χ4v) is 2.22. The van der Waals surface area contributed by atoms with E-state index in [9.17, 15) is 4.79 Å². The second kappa shape index (κ2) is 9.05. The molecule has 0 atom stereocenters. The van der Waals surface area contributed by atoms with Crippen LogP contribution < -0.4 is 4.74 Å². The minimum atomic E-state index is -0.962. The van der Waals surface area contributed by atoms with Crippen molar-refractivity contribution in [1.29, 1.82) is 0 Å². The maximum Gasteiger partial charge on any atom is 0.335 e. The fourth-order valence-electron chi connectivity index (χ4n) is 1.82. The maximum absolute atomic E-state index is 10.8. The van der Waals surface area contributed by atoms with Gasteiger partial charge in [0, 0.05) is 5.33 Å². The molecule has 0 aliphatic heterocycles. The summed E-state index contributed by atoms with van der Waals surface area (Å²) in [6.45, 7) is 0.630. The summed E-state index contributed by atoms with van der Waals surface area (Å²) in [5, 5.41) is 18.1. The zero-order chi connectivity index (χ0) is 16.5. The molecule has 1 N–H and O–H groups in total. The lowest BCUT2D eigenvalue weighted by Gasteiger charge is -2.07. The highest BCUT2D eigenvalue weighted by molar-refractivity contribution is 9.09. The number of carboxylic acids is 1. The number of carboxylic acid groups (broad SMARTS) is 1. The molecule has 0 saturated carbocycles. The molecule has 0 saturated heterocycles. The van der Waals surface area contributed by atoms with Crippen LogP contribution in [-0.2, 0) is 0 Å². The highest BCUT2D eigenvalue weighted by Gasteiger charge is 2.03. The Labute approximate surface area is 143 Å². The number of halogens is 1. The molecule has 23 heavy (non-hydrogen) atoms. The summed E-state index contributed by atoms with van der Waals surface area (Å²) in [6, 6.07) is 13.7. The highest BCUT2D eigenvalue weighted by atomic mass is 79.9. The molecular formula is C17H17BrN2O3. The van der Waals surface area contributed by atoms with Crippen molar-refractivity contribution >= 4 is 33.3 Å². The van der Waals surface area contributed by atoms with Crippen LogP contribution in [0.2, 0.25) is 0 Å². The average molecular weight is 377 g/mol. The van der Waals surface area contributed by atoms with Crippen LogP contribution in [0.5, 0.6) is 5.75 Å². The summed E-state index contributed by atoms with van der Waals surface area (Å²) in [4.78, 5) is 10.8. The van der Waals surface area contributed by atoms with Crippen molar-refractivity contribution in [3.8, 4) is 5.75 Å². The van der Waals surface area contributed by atoms with Crippen LogP contribution in [0.3, 0.4) is 0 Å². The van der Waals surface area contributed by atoms with Crippen molar-refractivity contribution in [2.24, 2.45) is 10.2 Å². The first-order chi connectivity index (χ1) is 11.2. The number of azo groups is 1. The highest BCUT2D eigenvalue weighted by Crippen LogP contribution is 2.29. The van der Waals surface area contributed by atoms with Crippen LogP contribution >= 0.6 is 15.9 Å². The summed E-state index contributed by atoms with van der Waals surface area (Å²) >= 11 is 3.39. The second-order valence-electron chi connectivity index (χ2n) is 4.76. The van der Waals surface area contributed by atoms with Gasteiger partial charge in [-0.25, -0.2) is 4.79 Å². The summed E-state index contributed by atoms with van der Waals surface area (Å²) in [5.41, 5.74) is 1.46. The van der Waals surface area contributed by atoms with Gasteiger partial charge in [-0.2, -0.15) is 5.11 Å². The van der Waals surface area contributed by atoms with Gasteiger partial charge in [0.15, 0.2) is 0 Å². The van der Waals surface area contributed by atoms with E-state index in [1.165, 1.54) is 12.1 Å². The SMILES string of the molecule is O=C(O)c1ccc(N=Nc2ccccc2OCCCCBr)cc1. The lowest BCUT2D eigenvalue weighted by atomic mass is 10.2. The molecule has 5 nitrogen and oxygen atoms in total. The molecule has 0 amide bonds. The molecule has 0 heterocycles. The molecule has 0 unspecified atom stereocenters. The van der Waals surface area contributed by atoms with Gasteiger partial charge in [-0.05, 0) is 49.2 Å². The fraction of sp³-hybridized carbons (Fsp3) is 0.235. The molecule has 2 rings (SSSR count). The Bertz CT molecular complexity index is 672. The number of nitrogens with zero attached hydrogens (tertiary/aromatic N) is 2. The van der Waals surface area contributed by atoms with Crippen LogP contribution in [-0.4, -0.2) is 23.0 Å². The molecule has 120 valence electrons.